The largest absolute Gasteiger partial charge is 0.490 e. The standard InChI is InChI=1S/C28H28F2N2O4/c1-14-11-18(8-9-22(14)29)25-17(4)26(21(13-24(33)31-34)16(3)27(25)32-35-5)20-12-23(30)28-19(15(20)2)7-6-10-36-28/h8-9,11-12,32H,6-7,10,13H2,1-5H3. The summed E-state index contributed by atoms with van der Waals surface area (Å²) in [7, 11) is 1.46. The minimum atomic E-state index is -0.841. The van der Waals surface area contributed by atoms with Crippen molar-refractivity contribution in [1.82, 2.24) is 0 Å². The number of nitrogens with one attached hydrogen (secondary N) is 1. The molecule has 0 unspecified atom stereocenters. The Morgan fingerprint density at radius 2 is 1.81 bits per heavy atom. The highest BCUT2D eigenvalue weighted by atomic mass is 19.1. The van der Waals surface area contributed by atoms with Crippen molar-refractivity contribution < 1.29 is 23.1 Å². The topological polar surface area (TPSA) is 77.0 Å². The van der Waals surface area contributed by atoms with Crippen molar-refractivity contribution >= 4 is 11.6 Å². The molecule has 0 saturated carbocycles. The van der Waals surface area contributed by atoms with Crippen LogP contribution < -0.4 is 10.2 Å². The molecule has 8 heteroatoms. The summed E-state index contributed by atoms with van der Waals surface area (Å²) in [4.78, 5) is 28.6. The Morgan fingerprint density at radius 1 is 1.06 bits per heavy atom. The second-order valence-electron chi connectivity index (χ2n) is 9.08. The van der Waals surface area contributed by atoms with Crippen LogP contribution in [0.5, 0.6) is 5.75 Å². The van der Waals surface area contributed by atoms with Gasteiger partial charge in [0, 0.05) is 16.3 Å². The molecule has 188 valence electrons. The summed E-state index contributed by atoms with van der Waals surface area (Å²) < 4.78 is 35.0. The van der Waals surface area contributed by atoms with Gasteiger partial charge in [-0.1, -0.05) is 6.07 Å². The van der Waals surface area contributed by atoms with Crippen molar-refractivity contribution in [3.8, 4) is 28.0 Å². The highest BCUT2D eigenvalue weighted by molar-refractivity contribution is 5.94. The molecule has 1 aliphatic heterocycles. The zero-order valence-corrected chi connectivity index (χ0v) is 21.0. The van der Waals surface area contributed by atoms with Gasteiger partial charge in [0.1, 0.15) is 5.82 Å². The number of carbonyl (C=O) groups excluding carboxylic acids is 1. The fourth-order valence-electron chi connectivity index (χ4n) is 5.14. The van der Waals surface area contributed by atoms with E-state index in [1.165, 1.54) is 19.2 Å². The minimum Gasteiger partial charge on any atom is -0.490 e. The van der Waals surface area contributed by atoms with Crippen LogP contribution in [-0.2, 0) is 22.5 Å². The number of aryl methyl sites for hydroxylation is 1. The van der Waals surface area contributed by atoms with E-state index >= 15 is 4.39 Å². The van der Waals surface area contributed by atoms with Crippen molar-refractivity contribution in [2.45, 2.75) is 47.0 Å². The SMILES string of the molecule is CONc1c(C)c(CC(=O)N=O)c(-c2cc(F)c3c(c2C)CCCO3)c(C)c1-c1ccc(F)c(C)c1. The van der Waals surface area contributed by atoms with Gasteiger partial charge in [-0.3, -0.25) is 15.1 Å². The van der Waals surface area contributed by atoms with Crippen molar-refractivity contribution in [2.75, 3.05) is 19.2 Å². The number of anilines is 1. The molecule has 0 spiro atoms. The van der Waals surface area contributed by atoms with Crippen LogP contribution in [0.3, 0.4) is 0 Å². The van der Waals surface area contributed by atoms with Crippen LogP contribution in [0.15, 0.2) is 29.4 Å². The molecule has 0 aliphatic carbocycles. The number of nitrogens with zero attached hydrogens (tertiary/aromatic N) is 1. The van der Waals surface area contributed by atoms with Gasteiger partial charge in [0.2, 0.25) is 0 Å². The zero-order valence-electron chi connectivity index (χ0n) is 21.0. The Labute approximate surface area is 208 Å². The number of fused-ring (bicyclic) bond motifs is 1. The quantitative estimate of drug-likeness (QED) is 0.306. The molecule has 0 radical (unpaired) electrons. The Balaban J connectivity index is 2.13. The summed E-state index contributed by atoms with van der Waals surface area (Å²) in [5, 5.41) is 2.60. The third kappa shape index (κ3) is 4.37. The molecule has 0 fully saturated rings. The van der Waals surface area contributed by atoms with Crippen LogP contribution in [0.25, 0.3) is 22.3 Å². The fourth-order valence-corrected chi connectivity index (χ4v) is 5.14. The van der Waals surface area contributed by atoms with Gasteiger partial charge in [0.15, 0.2) is 11.6 Å². The van der Waals surface area contributed by atoms with E-state index < -0.39 is 11.7 Å². The number of nitroso groups, excluding NO2 is 1. The number of halogens is 2. The maximum Gasteiger partial charge on any atom is 0.290 e. The first-order valence-corrected chi connectivity index (χ1v) is 11.7. The van der Waals surface area contributed by atoms with E-state index in [1.54, 1.807) is 26.0 Å². The molecule has 0 aromatic heterocycles. The predicted molar refractivity (Wildman–Crippen MR) is 135 cm³/mol. The van der Waals surface area contributed by atoms with E-state index in [0.29, 0.717) is 46.5 Å². The lowest BCUT2D eigenvalue weighted by Gasteiger charge is -2.27. The van der Waals surface area contributed by atoms with Gasteiger partial charge in [-0.25, -0.2) is 8.78 Å². The molecule has 4 rings (SSSR count). The molecule has 36 heavy (non-hydrogen) atoms. The molecule has 1 amide bonds. The summed E-state index contributed by atoms with van der Waals surface area (Å²) in [6.45, 7) is 7.70. The minimum absolute atomic E-state index is 0.260. The third-order valence-electron chi connectivity index (χ3n) is 6.92. The molecule has 0 atom stereocenters. The summed E-state index contributed by atoms with van der Waals surface area (Å²) in [5.41, 5.74) is 10.1. The molecule has 6 nitrogen and oxygen atoms in total. The van der Waals surface area contributed by atoms with E-state index in [0.717, 1.165) is 34.2 Å². The second kappa shape index (κ2) is 10.1. The van der Waals surface area contributed by atoms with Gasteiger partial charge >= 0.3 is 0 Å². The molecule has 1 N–H and O–H groups in total. The predicted octanol–water partition coefficient (Wildman–Crippen LogP) is 6.67. The first-order chi connectivity index (χ1) is 17.2. The first-order valence-electron chi connectivity index (χ1n) is 11.7. The number of carbonyl (C=O) groups is 1. The monoisotopic (exact) mass is 494 g/mol. The maximum atomic E-state index is 15.3. The van der Waals surface area contributed by atoms with E-state index in [2.05, 4.69) is 10.7 Å². The highest BCUT2D eigenvalue weighted by Gasteiger charge is 2.28. The average molecular weight is 495 g/mol. The molecule has 3 aromatic rings. The lowest BCUT2D eigenvalue weighted by Crippen LogP contribution is -2.14. The molecular formula is C28H28F2N2O4. The summed E-state index contributed by atoms with van der Waals surface area (Å²) in [6.07, 6.45) is 1.18. The molecule has 3 aromatic carbocycles. The van der Waals surface area contributed by atoms with Crippen LogP contribution in [0.1, 0.15) is 39.8 Å². The first kappa shape index (κ1) is 25.4. The highest BCUT2D eigenvalue weighted by Crippen LogP contribution is 2.46. The van der Waals surface area contributed by atoms with Gasteiger partial charge in [-0.2, -0.15) is 0 Å². The molecule has 0 bridgehead atoms. The number of hydrogen-bond donors (Lipinski definition) is 1. The number of ether oxygens (including phenoxy) is 1. The van der Waals surface area contributed by atoms with Crippen LogP contribution in [-0.4, -0.2) is 19.6 Å². The molecule has 1 heterocycles. The summed E-state index contributed by atoms with van der Waals surface area (Å²) >= 11 is 0. The lowest BCUT2D eigenvalue weighted by molar-refractivity contribution is -0.117. The Bertz CT molecular complexity index is 1390. The Morgan fingerprint density at radius 3 is 2.47 bits per heavy atom. The van der Waals surface area contributed by atoms with Crippen molar-refractivity contribution in [3.63, 3.8) is 0 Å². The van der Waals surface area contributed by atoms with Crippen LogP contribution in [0.2, 0.25) is 0 Å². The maximum absolute atomic E-state index is 15.3. The number of amides is 1. The average Bonchev–Trinajstić information content (AvgIpc) is 2.87. The van der Waals surface area contributed by atoms with Crippen LogP contribution in [0, 0.1) is 44.2 Å². The number of rotatable bonds is 6. The Hall–Kier alpha value is -3.65. The summed E-state index contributed by atoms with van der Waals surface area (Å²) in [5.74, 6) is -1.39. The third-order valence-corrected chi connectivity index (χ3v) is 6.92. The normalized spacial score (nSPS) is 12.6. The van der Waals surface area contributed by atoms with Crippen LogP contribution >= 0.6 is 0 Å². The second-order valence-corrected chi connectivity index (χ2v) is 9.08. The van der Waals surface area contributed by atoms with E-state index in [-0.39, 0.29) is 18.0 Å². The van der Waals surface area contributed by atoms with Crippen molar-refractivity contribution in [2.24, 2.45) is 5.18 Å². The van der Waals surface area contributed by atoms with Gasteiger partial charge in [0.25, 0.3) is 5.91 Å². The number of hydrogen-bond acceptors (Lipinski definition) is 5. The fraction of sp³-hybridized carbons (Fsp3) is 0.321. The molecular weight excluding hydrogens is 466 g/mol. The summed E-state index contributed by atoms with van der Waals surface area (Å²) in [6, 6.07) is 6.21. The molecule has 1 aliphatic rings. The van der Waals surface area contributed by atoms with Gasteiger partial charge < -0.3 is 4.74 Å². The van der Waals surface area contributed by atoms with Gasteiger partial charge in [0.05, 0.1) is 25.8 Å². The van der Waals surface area contributed by atoms with Gasteiger partial charge in [-0.15, -0.1) is 4.91 Å². The van der Waals surface area contributed by atoms with Gasteiger partial charge in [-0.05, 0) is 103 Å². The van der Waals surface area contributed by atoms with Crippen molar-refractivity contribution in [3.05, 3.63) is 74.2 Å². The lowest BCUT2D eigenvalue weighted by atomic mass is 9.81. The van der Waals surface area contributed by atoms with E-state index in [9.17, 15) is 14.1 Å². The smallest absolute Gasteiger partial charge is 0.290 e. The molecule has 0 saturated heterocycles. The Kier molecular flexibility index (Phi) is 7.17. The van der Waals surface area contributed by atoms with E-state index in [1.807, 2.05) is 13.8 Å². The van der Waals surface area contributed by atoms with Crippen LogP contribution in [0.4, 0.5) is 14.5 Å². The van der Waals surface area contributed by atoms with Crippen molar-refractivity contribution in [1.29, 1.82) is 0 Å². The number of benzene rings is 3. The zero-order chi connectivity index (χ0) is 26.1. The van der Waals surface area contributed by atoms with E-state index in [4.69, 9.17) is 9.57 Å².